The summed E-state index contributed by atoms with van der Waals surface area (Å²) in [6.07, 6.45) is 3.54. The van der Waals surface area contributed by atoms with Crippen LogP contribution in [0.25, 0.3) is 0 Å². The van der Waals surface area contributed by atoms with Crippen LogP contribution < -0.4 is 10.1 Å². The lowest BCUT2D eigenvalue weighted by Gasteiger charge is -2.32. The lowest BCUT2D eigenvalue weighted by molar-refractivity contribution is -0.0505. The van der Waals surface area contributed by atoms with Crippen LogP contribution in [0.4, 0.5) is 8.78 Å². The van der Waals surface area contributed by atoms with Crippen molar-refractivity contribution in [1.82, 2.24) is 5.32 Å². The van der Waals surface area contributed by atoms with Gasteiger partial charge in [0.15, 0.2) is 0 Å². The SMILES string of the molecule is CC1CCC(NCc2ccccc2OC(F)F)CC1C. The highest BCUT2D eigenvalue weighted by Crippen LogP contribution is 2.29. The molecule has 1 saturated carbocycles. The van der Waals surface area contributed by atoms with E-state index in [1.807, 2.05) is 12.1 Å². The number of nitrogens with one attached hydrogen (secondary N) is 1. The monoisotopic (exact) mass is 283 g/mol. The molecule has 1 aromatic carbocycles. The van der Waals surface area contributed by atoms with Crippen molar-refractivity contribution in [2.45, 2.75) is 52.3 Å². The Labute approximate surface area is 119 Å². The Morgan fingerprint density at radius 1 is 1.20 bits per heavy atom. The number of ether oxygens (including phenoxy) is 1. The predicted octanol–water partition coefficient (Wildman–Crippen LogP) is 4.20. The van der Waals surface area contributed by atoms with E-state index >= 15 is 0 Å². The Bertz CT molecular complexity index is 425. The number of hydrogen-bond donors (Lipinski definition) is 1. The van der Waals surface area contributed by atoms with Crippen molar-refractivity contribution in [2.24, 2.45) is 11.8 Å². The number of benzene rings is 1. The lowest BCUT2D eigenvalue weighted by atomic mass is 9.79. The normalized spacial score (nSPS) is 26.8. The van der Waals surface area contributed by atoms with Crippen molar-refractivity contribution in [3.05, 3.63) is 29.8 Å². The number of alkyl halides is 2. The number of hydrogen-bond acceptors (Lipinski definition) is 2. The molecule has 1 N–H and O–H groups in total. The van der Waals surface area contributed by atoms with Crippen molar-refractivity contribution >= 4 is 0 Å². The van der Waals surface area contributed by atoms with Crippen molar-refractivity contribution in [3.8, 4) is 5.75 Å². The second kappa shape index (κ2) is 7.02. The van der Waals surface area contributed by atoms with Crippen LogP contribution in [0.15, 0.2) is 24.3 Å². The molecule has 3 unspecified atom stereocenters. The Hall–Kier alpha value is -1.16. The summed E-state index contributed by atoms with van der Waals surface area (Å²) in [7, 11) is 0. The molecular formula is C16H23F2NO. The van der Waals surface area contributed by atoms with Gasteiger partial charge in [-0.25, -0.2) is 0 Å². The average molecular weight is 283 g/mol. The van der Waals surface area contributed by atoms with Crippen LogP contribution in [-0.2, 0) is 6.54 Å². The van der Waals surface area contributed by atoms with E-state index in [2.05, 4.69) is 23.9 Å². The fourth-order valence-electron chi connectivity index (χ4n) is 2.85. The molecule has 1 aromatic rings. The second-order valence-corrected chi connectivity index (χ2v) is 5.83. The molecule has 0 aromatic heterocycles. The van der Waals surface area contributed by atoms with E-state index in [1.54, 1.807) is 12.1 Å². The number of rotatable bonds is 5. The Kier molecular flexibility index (Phi) is 5.35. The van der Waals surface area contributed by atoms with Crippen molar-refractivity contribution in [3.63, 3.8) is 0 Å². The Balaban J connectivity index is 1.90. The maximum atomic E-state index is 12.3. The maximum Gasteiger partial charge on any atom is 0.387 e. The summed E-state index contributed by atoms with van der Waals surface area (Å²) in [6, 6.07) is 7.46. The van der Waals surface area contributed by atoms with Crippen LogP contribution in [-0.4, -0.2) is 12.7 Å². The first-order valence-corrected chi connectivity index (χ1v) is 7.32. The molecule has 1 fully saturated rings. The van der Waals surface area contributed by atoms with Gasteiger partial charge in [-0.15, -0.1) is 0 Å². The standard InChI is InChI=1S/C16H23F2NO/c1-11-7-8-14(9-12(11)2)19-10-13-5-3-4-6-15(13)20-16(17)18/h3-6,11-12,14,16,19H,7-10H2,1-2H3. The van der Waals surface area contributed by atoms with Crippen LogP contribution >= 0.6 is 0 Å². The van der Waals surface area contributed by atoms with E-state index in [0.717, 1.165) is 24.3 Å². The van der Waals surface area contributed by atoms with E-state index in [9.17, 15) is 8.78 Å². The van der Waals surface area contributed by atoms with Gasteiger partial charge in [0.2, 0.25) is 0 Å². The van der Waals surface area contributed by atoms with Gasteiger partial charge in [-0.3, -0.25) is 0 Å². The van der Waals surface area contributed by atoms with E-state index in [-0.39, 0.29) is 5.75 Å². The zero-order valence-corrected chi connectivity index (χ0v) is 12.1. The van der Waals surface area contributed by atoms with E-state index < -0.39 is 6.61 Å². The van der Waals surface area contributed by atoms with Crippen molar-refractivity contribution < 1.29 is 13.5 Å². The maximum absolute atomic E-state index is 12.3. The highest BCUT2D eigenvalue weighted by atomic mass is 19.3. The van der Waals surface area contributed by atoms with Crippen LogP contribution in [0.2, 0.25) is 0 Å². The molecule has 4 heteroatoms. The average Bonchev–Trinajstić information content (AvgIpc) is 2.41. The van der Waals surface area contributed by atoms with Gasteiger partial charge in [0.25, 0.3) is 0 Å². The topological polar surface area (TPSA) is 21.3 Å². The molecule has 2 nitrogen and oxygen atoms in total. The van der Waals surface area contributed by atoms with Crippen molar-refractivity contribution in [1.29, 1.82) is 0 Å². The van der Waals surface area contributed by atoms with Crippen LogP contribution in [0.3, 0.4) is 0 Å². The molecular weight excluding hydrogens is 260 g/mol. The van der Waals surface area contributed by atoms with Gasteiger partial charge < -0.3 is 10.1 Å². The third-order valence-corrected chi connectivity index (χ3v) is 4.37. The fraction of sp³-hybridized carbons (Fsp3) is 0.625. The molecule has 0 heterocycles. The molecule has 2 rings (SSSR count). The molecule has 0 amide bonds. The summed E-state index contributed by atoms with van der Waals surface area (Å²) < 4.78 is 29.2. The van der Waals surface area contributed by atoms with Gasteiger partial charge in [0.1, 0.15) is 5.75 Å². The molecule has 0 saturated heterocycles. The van der Waals surface area contributed by atoms with Gasteiger partial charge in [0, 0.05) is 18.2 Å². The van der Waals surface area contributed by atoms with Crippen LogP contribution in [0.1, 0.15) is 38.7 Å². The minimum Gasteiger partial charge on any atom is -0.434 e. The first-order valence-electron chi connectivity index (χ1n) is 7.32. The van der Waals surface area contributed by atoms with Gasteiger partial charge >= 0.3 is 6.61 Å². The molecule has 0 bridgehead atoms. The largest absolute Gasteiger partial charge is 0.434 e. The van der Waals surface area contributed by atoms with Gasteiger partial charge in [0.05, 0.1) is 0 Å². The van der Waals surface area contributed by atoms with Gasteiger partial charge in [-0.05, 0) is 37.2 Å². The summed E-state index contributed by atoms with van der Waals surface area (Å²) in [6.45, 7) is 2.39. The first kappa shape index (κ1) is 15.2. The zero-order valence-electron chi connectivity index (χ0n) is 12.1. The lowest BCUT2D eigenvalue weighted by Crippen LogP contribution is -2.35. The molecule has 112 valence electrons. The minimum atomic E-state index is -2.77. The summed E-state index contributed by atoms with van der Waals surface area (Å²) in [4.78, 5) is 0. The fourth-order valence-corrected chi connectivity index (χ4v) is 2.85. The molecule has 3 atom stereocenters. The summed E-state index contributed by atoms with van der Waals surface area (Å²) >= 11 is 0. The van der Waals surface area contributed by atoms with Gasteiger partial charge in [-0.2, -0.15) is 8.78 Å². The third kappa shape index (κ3) is 4.17. The molecule has 1 aliphatic carbocycles. The number of para-hydroxylation sites is 1. The van der Waals surface area contributed by atoms with Crippen LogP contribution in [0, 0.1) is 11.8 Å². The minimum absolute atomic E-state index is 0.271. The second-order valence-electron chi connectivity index (χ2n) is 5.83. The summed E-state index contributed by atoms with van der Waals surface area (Å²) in [5.41, 5.74) is 0.791. The summed E-state index contributed by atoms with van der Waals surface area (Å²) in [5.74, 6) is 1.77. The summed E-state index contributed by atoms with van der Waals surface area (Å²) in [5, 5.41) is 3.48. The molecule has 0 spiro atoms. The quantitative estimate of drug-likeness (QED) is 0.874. The predicted molar refractivity (Wildman–Crippen MR) is 75.9 cm³/mol. The zero-order chi connectivity index (χ0) is 14.5. The van der Waals surface area contributed by atoms with E-state index in [4.69, 9.17) is 0 Å². The molecule has 1 aliphatic rings. The Morgan fingerprint density at radius 2 is 1.95 bits per heavy atom. The van der Waals surface area contributed by atoms with Crippen LogP contribution in [0.5, 0.6) is 5.75 Å². The van der Waals surface area contributed by atoms with E-state index in [0.29, 0.717) is 18.5 Å². The molecule has 20 heavy (non-hydrogen) atoms. The smallest absolute Gasteiger partial charge is 0.387 e. The highest BCUT2D eigenvalue weighted by molar-refractivity contribution is 5.33. The van der Waals surface area contributed by atoms with Crippen molar-refractivity contribution in [2.75, 3.05) is 0 Å². The van der Waals surface area contributed by atoms with Gasteiger partial charge in [-0.1, -0.05) is 32.0 Å². The Morgan fingerprint density at radius 3 is 2.65 bits per heavy atom. The molecule has 0 radical (unpaired) electrons. The third-order valence-electron chi connectivity index (χ3n) is 4.37. The number of halogens is 2. The first-order chi connectivity index (χ1) is 9.56. The molecule has 0 aliphatic heterocycles. The van der Waals surface area contributed by atoms with E-state index in [1.165, 1.54) is 6.42 Å². The highest BCUT2D eigenvalue weighted by Gasteiger charge is 2.24.